The molecule has 0 spiro atoms. The van der Waals surface area contributed by atoms with Gasteiger partial charge in [-0.25, -0.2) is 0 Å². The van der Waals surface area contributed by atoms with Crippen LogP contribution in [0.1, 0.15) is 37.3 Å². The Balaban J connectivity index is 1.73. The zero-order valence-electron chi connectivity index (χ0n) is 12.8. The van der Waals surface area contributed by atoms with Crippen molar-refractivity contribution in [2.45, 2.75) is 12.5 Å². The third-order valence-corrected chi connectivity index (χ3v) is 6.22. The van der Waals surface area contributed by atoms with Gasteiger partial charge in [-0.15, -0.1) is 22.7 Å². The second kappa shape index (κ2) is 6.23. The zero-order chi connectivity index (χ0) is 16.5. The smallest absolute Gasteiger partial charge is 0.254 e. The molecule has 1 unspecified atom stereocenters. The number of rotatable bonds is 2. The lowest BCUT2D eigenvalue weighted by atomic mass is 9.97. The van der Waals surface area contributed by atoms with Crippen LogP contribution < -0.4 is 0 Å². The van der Waals surface area contributed by atoms with Gasteiger partial charge in [-0.1, -0.05) is 6.07 Å². The van der Waals surface area contributed by atoms with Crippen LogP contribution in [0.4, 0.5) is 0 Å². The van der Waals surface area contributed by atoms with Crippen molar-refractivity contribution in [1.82, 2.24) is 4.90 Å². The van der Waals surface area contributed by atoms with Crippen molar-refractivity contribution in [2.24, 2.45) is 0 Å². The highest BCUT2D eigenvalue weighted by molar-refractivity contribution is 7.10. The summed E-state index contributed by atoms with van der Waals surface area (Å²) in [6, 6.07) is 15.2. The molecule has 1 amide bonds. The number of nitriles is 1. The first-order chi connectivity index (χ1) is 11.8. The standard InChI is InChI=1S/C19H14N2OS2/c20-12-13-3-5-14(6-4-13)19(22)21-9-7-16-15(8-11-24-16)18(21)17-2-1-10-23-17/h1-6,8,10-11,18H,7,9H2. The van der Waals surface area contributed by atoms with Crippen molar-refractivity contribution in [1.29, 1.82) is 5.26 Å². The Hall–Kier alpha value is -2.42. The number of benzene rings is 1. The predicted molar refractivity (Wildman–Crippen MR) is 96.4 cm³/mol. The fourth-order valence-corrected chi connectivity index (χ4v) is 4.90. The zero-order valence-corrected chi connectivity index (χ0v) is 14.4. The van der Waals surface area contributed by atoms with Crippen LogP contribution in [0.3, 0.4) is 0 Å². The summed E-state index contributed by atoms with van der Waals surface area (Å²) in [5, 5.41) is 13.1. The minimum Gasteiger partial charge on any atom is -0.326 e. The molecule has 0 radical (unpaired) electrons. The van der Waals surface area contributed by atoms with E-state index < -0.39 is 0 Å². The SMILES string of the molecule is N#Cc1ccc(C(=O)N2CCc3sccc3C2c2cccs2)cc1. The number of amides is 1. The first-order valence-corrected chi connectivity index (χ1v) is 9.44. The van der Waals surface area contributed by atoms with E-state index in [2.05, 4.69) is 29.0 Å². The number of nitrogens with zero attached hydrogens (tertiary/aromatic N) is 2. The molecule has 24 heavy (non-hydrogen) atoms. The third-order valence-electron chi connectivity index (χ3n) is 4.30. The van der Waals surface area contributed by atoms with Crippen LogP contribution in [0.2, 0.25) is 0 Å². The van der Waals surface area contributed by atoms with Crippen molar-refractivity contribution in [3.63, 3.8) is 0 Å². The molecule has 3 heterocycles. The molecule has 3 nitrogen and oxygen atoms in total. The van der Waals surface area contributed by atoms with Crippen molar-refractivity contribution in [2.75, 3.05) is 6.54 Å². The summed E-state index contributed by atoms with van der Waals surface area (Å²) in [5.41, 5.74) is 2.45. The van der Waals surface area contributed by atoms with Crippen LogP contribution in [0, 0.1) is 11.3 Å². The lowest BCUT2D eigenvalue weighted by Crippen LogP contribution is -2.39. The number of carbonyl (C=O) groups is 1. The fourth-order valence-electron chi connectivity index (χ4n) is 3.14. The third kappa shape index (κ3) is 2.54. The molecule has 0 saturated heterocycles. The molecule has 0 fully saturated rings. The summed E-state index contributed by atoms with van der Waals surface area (Å²) in [5.74, 6) is 0.0229. The van der Waals surface area contributed by atoms with Crippen molar-refractivity contribution < 1.29 is 4.79 Å². The molecule has 4 rings (SSSR count). The molecule has 1 aliphatic heterocycles. The minimum absolute atomic E-state index is 0.0110. The summed E-state index contributed by atoms with van der Waals surface area (Å²) in [6.07, 6.45) is 0.900. The van der Waals surface area contributed by atoms with Crippen molar-refractivity contribution >= 4 is 28.6 Å². The van der Waals surface area contributed by atoms with Crippen molar-refractivity contribution in [3.05, 3.63) is 79.7 Å². The molecule has 118 valence electrons. The first kappa shape index (κ1) is 15.1. The molecule has 0 saturated carbocycles. The topological polar surface area (TPSA) is 44.1 Å². The van der Waals surface area contributed by atoms with Gasteiger partial charge in [-0.2, -0.15) is 5.26 Å². The average Bonchev–Trinajstić information content (AvgIpc) is 3.31. The van der Waals surface area contributed by atoms with Gasteiger partial charge in [-0.05, 0) is 59.1 Å². The lowest BCUT2D eigenvalue weighted by Gasteiger charge is -2.35. The highest BCUT2D eigenvalue weighted by Gasteiger charge is 2.33. The van der Waals surface area contributed by atoms with E-state index in [9.17, 15) is 4.79 Å². The van der Waals surface area contributed by atoms with E-state index in [1.165, 1.54) is 15.3 Å². The molecule has 5 heteroatoms. The van der Waals surface area contributed by atoms with Crippen LogP contribution in [0.15, 0.2) is 53.2 Å². The lowest BCUT2D eigenvalue weighted by molar-refractivity contribution is 0.0699. The second-order valence-corrected chi connectivity index (χ2v) is 7.63. The van der Waals surface area contributed by atoms with Gasteiger partial charge < -0.3 is 4.90 Å². The summed E-state index contributed by atoms with van der Waals surface area (Å²) < 4.78 is 0. The summed E-state index contributed by atoms with van der Waals surface area (Å²) >= 11 is 3.46. The van der Waals surface area contributed by atoms with E-state index in [1.807, 2.05) is 11.0 Å². The number of carbonyl (C=O) groups excluding carboxylic acids is 1. The monoisotopic (exact) mass is 350 g/mol. The number of thiophene rings is 2. The van der Waals surface area contributed by atoms with Gasteiger partial charge in [-0.3, -0.25) is 4.79 Å². The largest absolute Gasteiger partial charge is 0.326 e. The number of hydrogen-bond acceptors (Lipinski definition) is 4. The number of hydrogen-bond donors (Lipinski definition) is 0. The predicted octanol–water partition coefficient (Wildman–Crippen LogP) is 4.47. The van der Waals surface area contributed by atoms with Gasteiger partial charge in [0, 0.05) is 21.9 Å². The van der Waals surface area contributed by atoms with Gasteiger partial charge >= 0.3 is 0 Å². The van der Waals surface area contributed by atoms with Crippen LogP contribution in [0.5, 0.6) is 0 Å². The minimum atomic E-state index is -0.0110. The molecule has 0 aliphatic carbocycles. The molecule has 1 atom stereocenters. The van der Waals surface area contributed by atoms with E-state index >= 15 is 0 Å². The molecular weight excluding hydrogens is 336 g/mol. The molecule has 0 bridgehead atoms. The summed E-state index contributed by atoms with van der Waals surface area (Å²) in [7, 11) is 0. The summed E-state index contributed by atoms with van der Waals surface area (Å²) in [6.45, 7) is 0.717. The first-order valence-electron chi connectivity index (χ1n) is 7.69. The maximum Gasteiger partial charge on any atom is 0.254 e. The average molecular weight is 350 g/mol. The summed E-state index contributed by atoms with van der Waals surface area (Å²) in [4.78, 5) is 17.6. The van der Waals surface area contributed by atoms with E-state index in [4.69, 9.17) is 5.26 Å². The maximum absolute atomic E-state index is 13.1. The molecule has 1 aromatic carbocycles. The van der Waals surface area contributed by atoms with Gasteiger partial charge in [0.05, 0.1) is 17.7 Å². The van der Waals surface area contributed by atoms with Crippen LogP contribution in [-0.4, -0.2) is 17.4 Å². The molecule has 2 aromatic heterocycles. The Bertz CT molecular complexity index is 904. The van der Waals surface area contributed by atoms with E-state index in [-0.39, 0.29) is 11.9 Å². The van der Waals surface area contributed by atoms with Crippen LogP contribution in [0.25, 0.3) is 0 Å². The number of fused-ring (bicyclic) bond motifs is 1. The van der Waals surface area contributed by atoms with Gasteiger partial charge in [0.15, 0.2) is 0 Å². The van der Waals surface area contributed by atoms with Crippen molar-refractivity contribution in [3.8, 4) is 6.07 Å². The normalized spacial score (nSPS) is 16.5. The van der Waals surface area contributed by atoms with E-state index in [0.717, 1.165) is 13.0 Å². The molecular formula is C19H14N2OS2. The Morgan fingerprint density at radius 3 is 2.67 bits per heavy atom. The Labute approximate surface area is 148 Å². The van der Waals surface area contributed by atoms with Crippen LogP contribution in [-0.2, 0) is 6.42 Å². The second-order valence-electron chi connectivity index (χ2n) is 5.65. The van der Waals surface area contributed by atoms with Crippen LogP contribution >= 0.6 is 22.7 Å². The Morgan fingerprint density at radius 2 is 1.96 bits per heavy atom. The molecule has 3 aromatic rings. The van der Waals surface area contributed by atoms with E-state index in [0.29, 0.717) is 11.1 Å². The maximum atomic E-state index is 13.1. The molecule has 0 N–H and O–H groups in total. The van der Waals surface area contributed by atoms with Gasteiger partial charge in [0.1, 0.15) is 0 Å². The quantitative estimate of drug-likeness (QED) is 0.684. The van der Waals surface area contributed by atoms with Gasteiger partial charge in [0.2, 0.25) is 0 Å². The highest BCUT2D eigenvalue weighted by atomic mass is 32.1. The van der Waals surface area contributed by atoms with E-state index in [1.54, 1.807) is 46.9 Å². The van der Waals surface area contributed by atoms with Gasteiger partial charge in [0.25, 0.3) is 5.91 Å². The highest BCUT2D eigenvalue weighted by Crippen LogP contribution is 2.40. The fraction of sp³-hybridized carbons (Fsp3) is 0.158. The Kier molecular flexibility index (Phi) is 3.93. The Morgan fingerprint density at radius 1 is 1.12 bits per heavy atom. The molecule has 1 aliphatic rings.